The summed E-state index contributed by atoms with van der Waals surface area (Å²) in [5.41, 5.74) is -1.38. The van der Waals surface area contributed by atoms with Gasteiger partial charge >= 0.3 is 11.9 Å². The van der Waals surface area contributed by atoms with Gasteiger partial charge in [-0.1, -0.05) is 48.2 Å². The van der Waals surface area contributed by atoms with Crippen LogP contribution < -0.4 is 0 Å². The van der Waals surface area contributed by atoms with Gasteiger partial charge in [-0.2, -0.15) is 0 Å². The van der Waals surface area contributed by atoms with Crippen molar-refractivity contribution in [2.24, 2.45) is 0 Å². The lowest BCUT2D eigenvalue weighted by Crippen LogP contribution is -2.15. The second-order valence-electron chi connectivity index (χ2n) is 6.96. The standard InChI is InChI=1S/C10H14O2.2C7H6O2/c1-9(2,11)7-5-6-8-10(3,4)12;2*8-7(9)6-4-2-1-3-5-6/h11-12H,1-4H3;2*1-5H,(H,8,9). The van der Waals surface area contributed by atoms with E-state index >= 15 is 0 Å². The molecule has 0 radical (unpaired) electrons. The fourth-order valence-corrected chi connectivity index (χ4v) is 1.53. The third-order valence-corrected chi connectivity index (χ3v) is 2.84. The van der Waals surface area contributed by atoms with Crippen molar-refractivity contribution in [2.45, 2.75) is 38.9 Å². The summed E-state index contributed by atoms with van der Waals surface area (Å²) in [7, 11) is 0. The van der Waals surface area contributed by atoms with Crippen molar-refractivity contribution >= 4 is 11.9 Å². The Balaban J connectivity index is 0.000000426. The Morgan fingerprint density at radius 3 is 1.07 bits per heavy atom. The van der Waals surface area contributed by atoms with Crippen molar-refractivity contribution in [3.63, 3.8) is 0 Å². The average Bonchev–Trinajstić information content (AvgIpc) is 2.66. The first-order valence-corrected chi connectivity index (χ1v) is 8.87. The highest BCUT2D eigenvalue weighted by Gasteiger charge is 2.06. The van der Waals surface area contributed by atoms with Crippen molar-refractivity contribution in [1.29, 1.82) is 0 Å². The van der Waals surface area contributed by atoms with E-state index in [1.54, 1.807) is 88.4 Å². The summed E-state index contributed by atoms with van der Waals surface area (Å²) in [5, 5.41) is 35.1. The molecule has 0 aliphatic heterocycles. The normalized spacial score (nSPS) is 9.67. The molecule has 0 aliphatic carbocycles. The molecule has 4 N–H and O–H groups in total. The molecule has 0 amide bonds. The lowest BCUT2D eigenvalue weighted by Gasteiger charge is -2.05. The van der Waals surface area contributed by atoms with Crippen LogP contribution >= 0.6 is 0 Å². The molecular formula is C24H26O6. The molecule has 2 aromatic carbocycles. The minimum atomic E-state index is -1.02. The van der Waals surface area contributed by atoms with Crippen LogP contribution in [0.3, 0.4) is 0 Å². The highest BCUT2D eigenvalue weighted by atomic mass is 16.4. The molecule has 6 heteroatoms. The first-order chi connectivity index (χ1) is 13.8. The molecular weight excluding hydrogens is 384 g/mol. The molecule has 0 atom stereocenters. The number of rotatable bonds is 2. The van der Waals surface area contributed by atoms with Crippen LogP contribution in [0.2, 0.25) is 0 Å². The number of aromatic carboxylic acids is 2. The minimum absolute atomic E-state index is 0.331. The summed E-state index contributed by atoms with van der Waals surface area (Å²) < 4.78 is 0. The van der Waals surface area contributed by atoms with E-state index in [-0.39, 0.29) is 0 Å². The van der Waals surface area contributed by atoms with Crippen LogP contribution in [-0.2, 0) is 0 Å². The zero-order valence-corrected chi connectivity index (χ0v) is 17.4. The third kappa shape index (κ3) is 15.5. The SMILES string of the molecule is CC(C)(O)C#CC#CC(C)(C)O.O=C(O)c1ccccc1.O=C(O)c1ccccc1. The maximum atomic E-state index is 10.2. The Kier molecular flexibility index (Phi) is 11.3. The molecule has 0 aliphatic rings. The zero-order valence-electron chi connectivity index (χ0n) is 17.4. The van der Waals surface area contributed by atoms with Gasteiger partial charge in [-0.25, -0.2) is 9.59 Å². The molecule has 0 saturated heterocycles. The van der Waals surface area contributed by atoms with E-state index < -0.39 is 23.1 Å². The molecule has 0 spiro atoms. The molecule has 0 fully saturated rings. The quantitative estimate of drug-likeness (QED) is 0.565. The Bertz CT molecular complexity index is 833. The maximum Gasteiger partial charge on any atom is 0.335 e. The van der Waals surface area contributed by atoms with Crippen molar-refractivity contribution in [1.82, 2.24) is 0 Å². The summed E-state index contributed by atoms with van der Waals surface area (Å²) in [6.45, 7) is 6.30. The van der Waals surface area contributed by atoms with E-state index in [2.05, 4.69) is 23.7 Å². The largest absolute Gasteiger partial charge is 0.478 e. The van der Waals surface area contributed by atoms with E-state index in [4.69, 9.17) is 20.4 Å². The predicted octanol–water partition coefficient (Wildman–Crippen LogP) is 3.30. The van der Waals surface area contributed by atoms with Gasteiger partial charge in [0.1, 0.15) is 11.2 Å². The number of carbonyl (C=O) groups is 2. The van der Waals surface area contributed by atoms with Crippen LogP contribution in [0, 0.1) is 23.7 Å². The van der Waals surface area contributed by atoms with Gasteiger partial charge in [0.2, 0.25) is 0 Å². The number of carboxylic acid groups (broad SMARTS) is 2. The molecule has 6 nitrogen and oxygen atoms in total. The maximum absolute atomic E-state index is 10.2. The molecule has 0 heterocycles. The number of benzene rings is 2. The minimum Gasteiger partial charge on any atom is -0.478 e. The van der Waals surface area contributed by atoms with Gasteiger partial charge in [0.15, 0.2) is 0 Å². The van der Waals surface area contributed by atoms with Crippen LogP contribution in [-0.4, -0.2) is 43.6 Å². The summed E-state index contributed by atoms with van der Waals surface area (Å²) in [6, 6.07) is 16.6. The summed E-state index contributed by atoms with van der Waals surface area (Å²) >= 11 is 0. The van der Waals surface area contributed by atoms with Gasteiger partial charge in [0.25, 0.3) is 0 Å². The summed E-state index contributed by atoms with van der Waals surface area (Å²) in [5.74, 6) is 8.19. The number of aliphatic hydroxyl groups is 2. The Hall–Kier alpha value is -3.58. The van der Waals surface area contributed by atoms with Crippen LogP contribution in [0.1, 0.15) is 48.4 Å². The number of hydrogen-bond donors (Lipinski definition) is 4. The summed E-state index contributed by atoms with van der Waals surface area (Å²) in [6.07, 6.45) is 0. The van der Waals surface area contributed by atoms with Crippen molar-refractivity contribution in [3.05, 3.63) is 71.8 Å². The molecule has 0 saturated carbocycles. The van der Waals surface area contributed by atoms with Gasteiger partial charge in [0.05, 0.1) is 11.1 Å². The van der Waals surface area contributed by atoms with E-state index in [1.807, 2.05) is 0 Å². The highest BCUT2D eigenvalue weighted by molar-refractivity contribution is 5.87. The van der Waals surface area contributed by atoms with Crippen LogP contribution in [0.25, 0.3) is 0 Å². The van der Waals surface area contributed by atoms with Gasteiger partial charge in [0, 0.05) is 0 Å². The van der Waals surface area contributed by atoms with E-state index in [0.29, 0.717) is 11.1 Å². The fraction of sp³-hybridized carbons (Fsp3) is 0.250. The number of hydrogen-bond acceptors (Lipinski definition) is 4. The van der Waals surface area contributed by atoms with E-state index in [1.165, 1.54) is 0 Å². The van der Waals surface area contributed by atoms with Crippen LogP contribution in [0.5, 0.6) is 0 Å². The number of carboxylic acids is 2. The zero-order chi connectivity index (χ0) is 23.2. The molecule has 0 aromatic heterocycles. The van der Waals surface area contributed by atoms with Crippen molar-refractivity contribution in [2.75, 3.05) is 0 Å². The molecule has 30 heavy (non-hydrogen) atoms. The smallest absolute Gasteiger partial charge is 0.335 e. The summed E-state index contributed by atoms with van der Waals surface area (Å²) in [4.78, 5) is 20.4. The molecule has 2 rings (SSSR count). The topological polar surface area (TPSA) is 115 Å². The van der Waals surface area contributed by atoms with E-state index in [0.717, 1.165) is 0 Å². The monoisotopic (exact) mass is 410 g/mol. The van der Waals surface area contributed by atoms with Gasteiger partial charge in [-0.15, -0.1) is 0 Å². The molecule has 0 unspecified atom stereocenters. The third-order valence-electron chi connectivity index (χ3n) is 2.84. The molecule has 158 valence electrons. The van der Waals surface area contributed by atoms with Crippen molar-refractivity contribution in [3.8, 4) is 23.7 Å². The molecule has 2 aromatic rings. The average molecular weight is 410 g/mol. The van der Waals surface area contributed by atoms with Gasteiger partial charge < -0.3 is 20.4 Å². The lowest BCUT2D eigenvalue weighted by molar-refractivity contribution is 0.0686. The van der Waals surface area contributed by atoms with Crippen LogP contribution in [0.4, 0.5) is 0 Å². The first-order valence-electron chi connectivity index (χ1n) is 8.87. The first kappa shape index (κ1) is 26.4. The van der Waals surface area contributed by atoms with Crippen LogP contribution in [0.15, 0.2) is 60.7 Å². The van der Waals surface area contributed by atoms with Gasteiger partial charge in [-0.05, 0) is 63.8 Å². The Morgan fingerprint density at radius 1 is 0.633 bits per heavy atom. The Morgan fingerprint density at radius 2 is 0.900 bits per heavy atom. The highest BCUT2D eigenvalue weighted by Crippen LogP contribution is 1.98. The molecule has 0 bridgehead atoms. The van der Waals surface area contributed by atoms with Crippen molar-refractivity contribution < 1.29 is 30.0 Å². The predicted molar refractivity (Wildman–Crippen MR) is 115 cm³/mol. The second-order valence-corrected chi connectivity index (χ2v) is 6.96. The Labute approximate surface area is 176 Å². The van der Waals surface area contributed by atoms with E-state index in [9.17, 15) is 9.59 Å². The lowest BCUT2D eigenvalue weighted by atomic mass is 10.1. The fourth-order valence-electron chi connectivity index (χ4n) is 1.53. The van der Waals surface area contributed by atoms with Gasteiger partial charge in [-0.3, -0.25) is 0 Å². The second kappa shape index (κ2) is 12.8.